The molecule has 0 unspecified atom stereocenters. The van der Waals surface area contributed by atoms with E-state index in [2.05, 4.69) is 32.6 Å². The fourth-order valence-corrected chi connectivity index (χ4v) is 2.58. The van der Waals surface area contributed by atoms with Gasteiger partial charge in [-0.05, 0) is 56.7 Å². The van der Waals surface area contributed by atoms with Crippen molar-refractivity contribution in [3.63, 3.8) is 0 Å². The zero-order valence-electron chi connectivity index (χ0n) is 11.9. The number of nitrogens with zero attached hydrogens (tertiary/aromatic N) is 1. The van der Waals surface area contributed by atoms with Crippen molar-refractivity contribution in [3.8, 4) is 0 Å². The van der Waals surface area contributed by atoms with E-state index in [9.17, 15) is 0 Å². The quantitative estimate of drug-likeness (QED) is 0.623. The fraction of sp³-hybridized carbons (Fsp3) is 1.00. The van der Waals surface area contributed by atoms with Gasteiger partial charge in [0.05, 0.1) is 0 Å². The molecule has 1 aliphatic heterocycles. The van der Waals surface area contributed by atoms with Gasteiger partial charge in [-0.2, -0.15) is 0 Å². The molecule has 1 saturated heterocycles. The maximum absolute atomic E-state index is 2.64. The molecule has 0 spiro atoms. The topological polar surface area (TPSA) is 3.24 Å². The van der Waals surface area contributed by atoms with Crippen LogP contribution >= 0.6 is 0 Å². The van der Waals surface area contributed by atoms with Gasteiger partial charge in [-0.3, -0.25) is 0 Å². The summed E-state index contributed by atoms with van der Waals surface area (Å²) in [5.74, 6) is 0.870. The number of hydrogen-bond donors (Lipinski definition) is 0. The van der Waals surface area contributed by atoms with Gasteiger partial charge in [-0.25, -0.2) is 0 Å². The molecule has 1 heterocycles. The average molecular weight is 225 g/mol. The van der Waals surface area contributed by atoms with E-state index in [4.69, 9.17) is 0 Å². The molecule has 0 N–H and O–H groups in total. The van der Waals surface area contributed by atoms with Crippen molar-refractivity contribution in [3.05, 3.63) is 0 Å². The van der Waals surface area contributed by atoms with Crippen molar-refractivity contribution in [2.75, 3.05) is 19.6 Å². The van der Waals surface area contributed by atoms with Crippen LogP contribution in [-0.2, 0) is 0 Å². The van der Waals surface area contributed by atoms with Crippen molar-refractivity contribution in [1.82, 2.24) is 4.90 Å². The van der Waals surface area contributed by atoms with Crippen molar-refractivity contribution in [1.29, 1.82) is 0 Å². The van der Waals surface area contributed by atoms with Gasteiger partial charge in [0.15, 0.2) is 0 Å². The van der Waals surface area contributed by atoms with Crippen molar-refractivity contribution >= 4 is 0 Å². The van der Waals surface area contributed by atoms with Crippen LogP contribution in [0.5, 0.6) is 0 Å². The van der Waals surface area contributed by atoms with Gasteiger partial charge >= 0.3 is 0 Å². The average Bonchev–Trinajstić information content (AvgIpc) is 2.66. The lowest BCUT2D eigenvalue weighted by molar-refractivity contribution is 0.229. The van der Waals surface area contributed by atoms with Crippen LogP contribution in [0.4, 0.5) is 0 Å². The Labute approximate surface area is 103 Å². The summed E-state index contributed by atoms with van der Waals surface area (Å²) in [4.78, 5) is 2.64. The first-order valence-electron chi connectivity index (χ1n) is 7.22. The second-order valence-corrected chi connectivity index (χ2v) is 6.75. The van der Waals surface area contributed by atoms with Crippen LogP contribution in [0, 0.1) is 11.3 Å². The standard InChI is InChI=1S/C15H31N/c1-14(2)8-7-9-15(3,4)10-13-16-11-5-6-12-16/h14H,5-13H2,1-4H3. The van der Waals surface area contributed by atoms with Gasteiger partial charge in [0.1, 0.15) is 0 Å². The highest BCUT2D eigenvalue weighted by molar-refractivity contribution is 4.73. The van der Waals surface area contributed by atoms with Crippen LogP contribution in [0.15, 0.2) is 0 Å². The summed E-state index contributed by atoms with van der Waals surface area (Å²) in [5, 5.41) is 0. The van der Waals surface area contributed by atoms with Gasteiger partial charge in [-0.15, -0.1) is 0 Å². The van der Waals surface area contributed by atoms with E-state index in [-0.39, 0.29) is 0 Å². The van der Waals surface area contributed by atoms with Crippen LogP contribution in [0.1, 0.15) is 66.2 Å². The summed E-state index contributed by atoms with van der Waals surface area (Å²) in [5.41, 5.74) is 0.553. The third-order valence-corrected chi connectivity index (χ3v) is 3.94. The van der Waals surface area contributed by atoms with Crippen LogP contribution in [0.2, 0.25) is 0 Å². The van der Waals surface area contributed by atoms with Crippen LogP contribution in [0.3, 0.4) is 0 Å². The molecule has 1 nitrogen and oxygen atoms in total. The SMILES string of the molecule is CC(C)CCCC(C)(C)CCN1CCCC1. The lowest BCUT2D eigenvalue weighted by Gasteiger charge is -2.27. The molecule has 0 saturated carbocycles. The van der Waals surface area contributed by atoms with Gasteiger partial charge in [0.25, 0.3) is 0 Å². The Morgan fingerprint density at radius 1 is 1.06 bits per heavy atom. The van der Waals surface area contributed by atoms with Crippen LogP contribution in [-0.4, -0.2) is 24.5 Å². The molecule has 16 heavy (non-hydrogen) atoms. The Kier molecular flexibility index (Phi) is 5.82. The summed E-state index contributed by atoms with van der Waals surface area (Å²) in [7, 11) is 0. The molecule has 1 fully saturated rings. The normalized spacial score (nSPS) is 18.6. The smallest absolute Gasteiger partial charge is 0.00136 e. The minimum Gasteiger partial charge on any atom is -0.303 e. The number of likely N-dealkylation sites (tertiary alicyclic amines) is 1. The Morgan fingerprint density at radius 2 is 1.69 bits per heavy atom. The molecule has 96 valence electrons. The minimum absolute atomic E-state index is 0.553. The van der Waals surface area contributed by atoms with Gasteiger partial charge in [0, 0.05) is 0 Å². The molecule has 0 bridgehead atoms. The Bertz CT molecular complexity index is 178. The number of rotatable bonds is 7. The lowest BCUT2D eigenvalue weighted by Crippen LogP contribution is -2.25. The van der Waals surface area contributed by atoms with Gasteiger partial charge in [0.2, 0.25) is 0 Å². The molecule has 0 radical (unpaired) electrons. The molecular weight excluding hydrogens is 194 g/mol. The van der Waals surface area contributed by atoms with Crippen molar-refractivity contribution in [2.45, 2.75) is 66.2 Å². The van der Waals surface area contributed by atoms with Gasteiger partial charge < -0.3 is 4.90 Å². The minimum atomic E-state index is 0.553. The highest BCUT2D eigenvalue weighted by atomic mass is 15.1. The molecule has 0 aliphatic carbocycles. The molecule has 0 aromatic carbocycles. The maximum atomic E-state index is 2.64. The Balaban J connectivity index is 2.12. The van der Waals surface area contributed by atoms with E-state index in [0.717, 1.165) is 5.92 Å². The zero-order valence-corrected chi connectivity index (χ0v) is 11.9. The lowest BCUT2D eigenvalue weighted by atomic mass is 9.83. The van der Waals surface area contributed by atoms with E-state index in [1.54, 1.807) is 0 Å². The summed E-state index contributed by atoms with van der Waals surface area (Å²) in [6, 6.07) is 0. The largest absolute Gasteiger partial charge is 0.303 e. The zero-order chi connectivity index (χ0) is 12.0. The predicted molar refractivity (Wildman–Crippen MR) is 72.8 cm³/mol. The third-order valence-electron chi connectivity index (χ3n) is 3.94. The van der Waals surface area contributed by atoms with E-state index in [1.165, 1.54) is 58.2 Å². The van der Waals surface area contributed by atoms with E-state index in [1.807, 2.05) is 0 Å². The third kappa shape index (κ3) is 5.89. The van der Waals surface area contributed by atoms with Crippen molar-refractivity contribution in [2.24, 2.45) is 11.3 Å². The summed E-state index contributed by atoms with van der Waals surface area (Å²) in [6.07, 6.45) is 8.43. The summed E-state index contributed by atoms with van der Waals surface area (Å²) in [6.45, 7) is 13.6. The van der Waals surface area contributed by atoms with Gasteiger partial charge in [-0.1, -0.05) is 40.5 Å². The first-order chi connectivity index (χ1) is 7.49. The first kappa shape index (κ1) is 14.0. The molecule has 1 aliphatic rings. The predicted octanol–water partition coefficient (Wildman–Crippen LogP) is 4.32. The monoisotopic (exact) mass is 225 g/mol. The molecule has 0 aromatic heterocycles. The van der Waals surface area contributed by atoms with E-state index >= 15 is 0 Å². The molecular formula is C15H31N. The highest BCUT2D eigenvalue weighted by Gasteiger charge is 2.20. The fourth-order valence-electron chi connectivity index (χ4n) is 2.58. The summed E-state index contributed by atoms with van der Waals surface area (Å²) < 4.78 is 0. The van der Waals surface area contributed by atoms with Crippen molar-refractivity contribution < 1.29 is 0 Å². The van der Waals surface area contributed by atoms with Crippen LogP contribution in [0.25, 0.3) is 0 Å². The molecule has 1 rings (SSSR count). The second-order valence-electron chi connectivity index (χ2n) is 6.75. The van der Waals surface area contributed by atoms with E-state index < -0.39 is 0 Å². The van der Waals surface area contributed by atoms with Crippen LogP contribution < -0.4 is 0 Å². The Morgan fingerprint density at radius 3 is 2.25 bits per heavy atom. The maximum Gasteiger partial charge on any atom is -0.00136 e. The molecule has 0 atom stereocenters. The summed E-state index contributed by atoms with van der Waals surface area (Å²) >= 11 is 0. The Hall–Kier alpha value is -0.0400. The second kappa shape index (κ2) is 6.64. The first-order valence-corrected chi connectivity index (χ1v) is 7.22. The number of hydrogen-bond acceptors (Lipinski definition) is 1. The molecule has 0 aromatic rings. The highest BCUT2D eigenvalue weighted by Crippen LogP contribution is 2.29. The van der Waals surface area contributed by atoms with E-state index in [0.29, 0.717) is 5.41 Å². The molecule has 0 amide bonds. The molecule has 1 heteroatoms.